The van der Waals surface area contributed by atoms with E-state index < -0.39 is 5.97 Å². The zero-order chi connectivity index (χ0) is 6.41. The van der Waals surface area contributed by atoms with Gasteiger partial charge in [-0.2, -0.15) is 0 Å². The largest absolute Gasteiger partial charge is 0.451 e. The molecule has 1 radical (unpaired) electrons. The van der Waals surface area contributed by atoms with Crippen molar-refractivity contribution in [3.05, 3.63) is 31.9 Å². The number of hydrogen-bond acceptors (Lipinski definition) is 2. The van der Waals surface area contributed by atoms with Crippen LogP contribution in [-0.4, -0.2) is 5.97 Å². The minimum atomic E-state index is -0.468. The van der Waals surface area contributed by atoms with Crippen LogP contribution in [0.3, 0.4) is 0 Å². The van der Waals surface area contributed by atoms with Crippen LogP contribution in [0.4, 0.5) is 0 Å². The van der Waals surface area contributed by atoms with Crippen LogP contribution in [-0.2, 0) is 9.53 Å². The average molecular weight is 111 g/mol. The summed E-state index contributed by atoms with van der Waals surface area (Å²) < 4.78 is 4.34. The highest BCUT2D eigenvalue weighted by molar-refractivity contribution is 5.81. The predicted molar refractivity (Wildman–Crippen MR) is 30.8 cm³/mol. The van der Waals surface area contributed by atoms with E-state index in [0.29, 0.717) is 0 Å². The molecule has 0 saturated carbocycles. The first-order valence-electron chi connectivity index (χ1n) is 2.08. The summed E-state index contributed by atoms with van der Waals surface area (Å²) in [4.78, 5) is 10.2. The molecule has 0 fully saturated rings. The van der Waals surface area contributed by atoms with Crippen LogP contribution in [0.25, 0.3) is 0 Å². The Morgan fingerprint density at radius 2 is 2.12 bits per heavy atom. The van der Waals surface area contributed by atoms with Gasteiger partial charge in [0.25, 0.3) is 0 Å². The van der Waals surface area contributed by atoms with Gasteiger partial charge in [-0.3, -0.25) is 0 Å². The van der Waals surface area contributed by atoms with E-state index in [9.17, 15) is 4.79 Å². The Balaban J connectivity index is 3.24. The normalized spacial score (nSPS) is 7.50. The molecule has 0 atom stereocenters. The number of ether oxygens (including phenoxy) is 1. The minimum Gasteiger partial charge on any atom is -0.451 e. The van der Waals surface area contributed by atoms with Crippen molar-refractivity contribution in [3.63, 3.8) is 0 Å². The Labute approximate surface area is 48.5 Å². The van der Waals surface area contributed by atoms with E-state index in [1.54, 1.807) is 0 Å². The Bertz CT molecular complexity index is 105. The van der Waals surface area contributed by atoms with E-state index in [1.807, 2.05) is 0 Å². The maximum atomic E-state index is 10.2. The first-order chi connectivity index (χ1) is 3.81. The summed E-state index contributed by atoms with van der Waals surface area (Å²) in [6.45, 7) is 7.68. The Kier molecular flexibility index (Phi) is 3.58. The number of carbonyl (C=O) groups is 1. The Morgan fingerprint density at radius 3 is 2.50 bits per heavy atom. The second-order valence-electron chi connectivity index (χ2n) is 1.01. The monoisotopic (exact) mass is 111 g/mol. The fourth-order valence-corrected chi connectivity index (χ4v) is 0.163. The van der Waals surface area contributed by atoms with Crippen LogP contribution in [0.5, 0.6) is 0 Å². The number of rotatable bonds is 3. The number of carbonyl (C=O) groups excluding carboxylic acids is 1. The number of hydrogen-bond donors (Lipinski definition) is 0. The van der Waals surface area contributed by atoms with Gasteiger partial charge in [-0.05, 0) is 6.08 Å². The van der Waals surface area contributed by atoms with Gasteiger partial charge in [-0.25, -0.2) is 4.79 Å². The summed E-state index contributed by atoms with van der Waals surface area (Å²) in [5, 5.41) is 0. The van der Waals surface area contributed by atoms with Gasteiger partial charge in [0.2, 0.25) is 0 Å². The molecule has 8 heavy (non-hydrogen) atoms. The molecule has 43 valence electrons. The molecule has 0 saturated heterocycles. The molecular formula is C6H7O2. The molecule has 0 aromatic rings. The molecule has 0 unspecified atom stereocenters. The first-order valence-corrected chi connectivity index (χ1v) is 2.08. The molecule has 0 aromatic heterocycles. The van der Waals surface area contributed by atoms with Gasteiger partial charge < -0.3 is 4.74 Å². The lowest BCUT2D eigenvalue weighted by atomic mass is 10.6. The zero-order valence-electron chi connectivity index (χ0n) is 4.46. The van der Waals surface area contributed by atoms with E-state index in [1.165, 1.54) is 12.7 Å². The van der Waals surface area contributed by atoms with Crippen LogP contribution in [0.2, 0.25) is 0 Å². The van der Waals surface area contributed by atoms with E-state index in [4.69, 9.17) is 0 Å². The lowest BCUT2D eigenvalue weighted by molar-refractivity contribution is -0.133. The SMILES string of the molecule is C=C[CH]OC(=O)C=C. The van der Waals surface area contributed by atoms with Crippen LogP contribution >= 0.6 is 0 Å². The summed E-state index contributed by atoms with van der Waals surface area (Å²) in [6, 6.07) is 0. The predicted octanol–water partition coefficient (Wildman–Crippen LogP) is 1.06. The van der Waals surface area contributed by atoms with Crippen LogP contribution in [0.1, 0.15) is 0 Å². The third-order valence-electron chi connectivity index (χ3n) is 0.447. The summed E-state index contributed by atoms with van der Waals surface area (Å²) in [6.07, 6.45) is 2.46. The minimum absolute atomic E-state index is 0.468. The van der Waals surface area contributed by atoms with Crippen LogP contribution in [0, 0.1) is 6.61 Å². The second-order valence-corrected chi connectivity index (χ2v) is 1.01. The van der Waals surface area contributed by atoms with Crippen molar-refractivity contribution in [3.8, 4) is 0 Å². The van der Waals surface area contributed by atoms with Gasteiger partial charge >= 0.3 is 5.97 Å². The van der Waals surface area contributed by atoms with Crippen molar-refractivity contribution in [1.29, 1.82) is 0 Å². The fraction of sp³-hybridized carbons (Fsp3) is 0. The highest BCUT2D eigenvalue weighted by Crippen LogP contribution is 1.82. The van der Waals surface area contributed by atoms with Crippen LogP contribution < -0.4 is 0 Å². The van der Waals surface area contributed by atoms with Crippen molar-refractivity contribution < 1.29 is 9.53 Å². The van der Waals surface area contributed by atoms with Crippen molar-refractivity contribution in [2.45, 2.75) is 0 Å². The third kappa shape index (κ3) is 3.15. The standard InChI is InChI=1S/C6H7O2/c1-3-5-8-6(7)4-2/h3-5H,1-2H2. The van der Waals surface area contributed by atoms with Gasteiger partial charge in [0, 0.05) is 6.08 Å². The van der Waals surface area contributed by atoms with E-state index in [-0.39, 0.29) is 0 Å². The molecular weight excluding hydrogens is 104 g/mol. The lowest BCUT2D eigenvalue weighted by Gasteiger charge is -1.90. The Morgan fingerprint density at radius 1 is 1.50 bits per heavy atom. The van der Waals surface area contributed by atoms with Gasteiger partial charge in [-0.1, -0.05) is 13.2 Å². The average Bonchev–Trinajstić information content (AvgIpc) is 1.83. The maximum Gasteiger partial charge on any atom is 0.330 e. The zero-order valence-corrected chi connectivity index (χ0v) is 4.46. The summed E-state index contributed by atoms with van der Waals surface area (Å²) >= 11 is 0. The summed E-state index contributed by atoms with van der Waals surface area (Å²) in [5.74, 6) is -0.468. The molecule has 0 aromatic carbocycles. The number of esters is 1. The second kappa shape index (κ2) is 4.12. The molecule has 2 heteroatoms. The molecule has 0 amide bonds. The molecule has 0 heterocycles. The fourth-order valence-electron chi connectivity index (χ4n) is 0.163. The highest BCUT2D eigenvalue weighted by Gasteiger charge is 1.88. The summed E-state index contributed by atoms with van der Waals surface area (Å²) in [5.41, 5.74) is 0. The van der Waals surface area contributed by atoms with E-state index in [0.717, 1.165) is 6.08 Å². The maximum absolute atomic E-state index is 10.2. The van der Waals surface area contributed by atoms with Gasteiger partial charge in [0.05, 0.1) is 0 Å². The van der Waals surface area contributed by atoms with Gasteiger partial charge in [0.1, 0.15) is 0 Å². The van der Waals surface area contributed by atoms with Gasteiger partial charge in [-0.15, -0.1) is 0 Å². The van der Waals surface area contributed by atoms with Crippen molar-refractivity contribution in [1.82, 2.24) is 0 Å². The highest BCUT2D eigenvalue weighted by atomic mass is 16.5. The van der Waals surface area contributed by atoms with E-state index in [2.05, 4.69) is 17.9 Å². The van der Waals surface area contributed by atoms with Crippen LogP contribution in [0.15, 0.2) is 25.3 Å². The lowest BCUT2D eigenvalue weighted by Crippen LogP contribution is -1.94. The molecule has 0 aliphatic carbocycles. The third-order valence-corrected chi connectivity index (χ3v) is 0.447. The molecule has 0 N–H and O–H groups in total. The molecule has 0 aliphatic heterocycles. The summed E-state index contributed by atoms with van der Waals surface area (Å²) in [7, 11) is 0. The van der Waals surface area contributed by atoms with Crippen molar-refractivity contribution in [2.75, 3.05) is 0 Å². The molecule has 0 aliphatic rings. The Hall–Kier alpha value is -1.05. The molecule has 2 nitrogen and oxygen atoms in total. The quantitative estimate of drug-likeness (QED) is 0.402. The van der Waals surface area contributed by atoms with Crippen molar-refractivity contribution in [2.24, 2.45) is 0 Å². The molecule has 0 bridgehead atoms. The molecule has 0 rings (SSSR count). The van der Waals surface area contributed by atoms with Gasteiger partial charge in [0.15, 0.2) is 6.61 Å². The first kappa shape index (κ1) is 6.95. The van der Waals surface area contributed by atoms with E-state index >= 15 is 0 Å². The topological polar surface area (TPSA) is 26.3 Å². The van der Waals surface area contributed by atoms with Crippen molar-refractivity contribution >= 4 is 5.97 Å². The molecule has 0 spiro atoms. The smallest absolute Gasteiger partial charge is 0.330 e.